The van der Waals surface area contributed by atoms with Crippen LogP contribution < -0.4 is 10.6 Å². The van der Waals surface area contributed by atoms with Crippen LogP contribution in [-0.4, -0.2) is 33.3 Å². The van der Waals surface area contributed by atoms with E-state index in [1.165, 1.54) is 24.2 Å². The quantitative estimate of drug-likeness (QED) is 0.877. The number of nitrogens with two attached hydrogens (primary N) is 1. The molecule has 0 bridgehead atoms. The van der Waals surface area contributed by atoms with E-state index in [2.05, 4.69) is 9.97 Å². The number of hydrogen-bond acceptors (Lipinski definition) is 5. The van der Waals surface area contributed by atoms with Crippen molar-refractivity contribution in [3.05, 3.63) is 11.9 Å². The molecule has 2 N–H and O–H groups in total. The number of carbonyl (C=O) groups is 1. The molecule has 0 atom stereocenters. The van der Waals surface area contributed by atoms with Gasteiger partial charge >= 0.3 is 6.09 Å². The van der Waals surface area contributed by atoms with E-state index in [4.69, 9.17) is 10.5 Å². The number of pyridine rings is 1. The van der Waals surface area contributed by atoms with Crippen molar-refractivity contribution in [1.29, 1.82) is 0 Å². The van der Waals surface area contributed by atoms with Crippen molar-refractivity contribution < 1.29 is 9.53 Å². The van der Waals surface area contributed by atoms with Crippen LogP contribution in [0.5, 0.6) is 0 Å². The Hall–Kier alpha value is -2.31. The number of hydrogen-bond donors (Lipinski definition) is 1. The van der Waals surface area contributed by atoms with Gasteiger partial charge in [0, 0.05) is 19.7 Å². The fraction of sp³-hybridized carbons (Fsp3) is 0.632. The fourth-order valence-corrected chi connectivity index (χ4v) is 3.70. The zero-order chi connectivity index (χ0) is 19.1. The van der Waals surface area contributed by atoms with Gasteiger partial charge in [-0.2, -0.15) is 0 Å². The Labute approximate surface area is 154 Å². The van der Waals surface area contributed by atoms with E-state index in [0.29, 0.717) is 23.1 Å². The van der Waals surface area contributed by atoms with Crippen molar-refractivity contribution in [2.75, 3.05) is 17.7 Å². The van der Waals surface area contributed by atoms with Crippen molar-refractivity contribution in [3.8, 4) is 0 Å². The molecule has 0 unspecified atom stereocenters. The second kappa shape index (κ2) is 6.78. The van der Waals surface area contributed by atoms with Crippen LogP contribution in [0.25, 0.3) is 11.0 Å². The molecule has 0 aliphatic heterocycles. The average molecular weight is 359 g/mol. The molecule has 26 heavy (non-hydrogen) atoms. The number of amides is 1. The third-order valence-corrected chi connectivity index (χ3v) is 4.90. The number of anilines is 2. The van der Waals surface area contributed by atoms with Crippen LogP contribution in [0.2, 0.25) is 0 Å². The number of aryl methyl sites for hydroxylation is 1. The summed E-state index contributed by atoms with van der Waals surface area (Å²) in [5.41, 5.74) is 8.53. The lowest BCUT2D eigenvalue weighted by Gasteiger charge is -2.27. The highest BCUT2D eigenvalue weighted by Gasteiger charge is 2.28. The van der Waals surface area contributed by atoms with E-state index in [1.54, 1.807) is 13.4 Å². The van der Waals surface area contributed by atoms with E-state index >= 15 is 0 Å². The number of aromatic nitrogens is 3. The molecule has 1 aliphatic rings. The topological polar surface area (TPSA) is 86.3 Å². The zero-order valence-electron chi connectivity index (χ0n) is 16.4. The number of ether oxygens (including phenoxy) is 1. The molecule has 1 aliphatic carbocycles. The molecule has 2 heterocycles. The van der Waals surface area contributed by atoms with Gasteiger partial charge in [-0.05, 0) is 39.5 Å². The summed E-state index contributed by atoms with van der Waals surface area (Å²) in [6.07, 6.45) is 7.22. The maximum Gasteiger partial charge on any atom is 0.415 e. The smallest absolute Gasteiger partial charge is 0.415 e. The number of nitrogen functional groups attached to an aromatic ring is 1. The fourth-order valence-electron chi connectivity index (χ4n) is 3.70. The van der Waals surface area contributed by atoms with E-state index in [9.17, 15) is 4.79 Å². The standard InChI is InChI=1S/C19H29N5O2/c1-19(2,3)26-18(25)24(5)17-14-15(23(4)11-21-14)13(16(20)22-17)12-9-7-6-8-10-12/h11-12H,6-10H2,1-5H3,(H2,20,22). The van der Waals surface area contributed by atoms with Crippen molar-refractivity contribution in [2.45, 2.75) is 64.4 Å². The maximum absolute atomic E-state index is 12.5. The summed E-state index contributed by atoms with van der Waals surface area (Å²) < 4.78 is 7.44. The number of nitrogens with zero attached hydrogens (tertiary/aromatic N) is 4. The van der Waals surface area contributed by atoms with Crippen molar-refractivity contribution >= 4 is 28.8 Å². The highest BCUT2D eigenvalue weighted by Crippen LogP contribution is 2.40. The summed E-state index contributed by atoms with van der Waals surface area (Å²) in [6, 6.07) is 0. The summed E-state index contributed by atoms with van der Waals surface area (Å²) in [4.78, 5) is 23.0. The Kier molecular flexibility index (Phi) is 4.82. The second-order valence-corrected chi connectivity index (χ2v) is 8.16. The molecule has 0 radical (unpaired) electrons. The molecule has 0 saturated heterocycles. The first-order chi connectivity index (χ1) is 12.2. The van der Waals surface area contributed by atoms with Gasteiger partial charge in [0.1, 0.15) is 16.9 Å². The van der Waals surface area contributed by atoms with Gasteiger partial charge in [-0.3, -0.25) is 4.90 Å². The van der Waals surface area contributed by atoms with Crippen LogP contribution in [0.4, 0.5) is 16.4 Å². The van der Waals surface area contributed by atoms with E-state index in [0.717, 1.165) is 23.9 Å². The molecular formula is C19H29N5O2. The zero-order valence-corrected chi connectivity index (χ0v) is 16.4. The van der Waals surface area contributed by atoms with Gasteiger partial charge in [-0.1, -0.05) is 19.3 Å². The second-order valence-electron chi connectivity index (χ2n) is 8.16. The summed E-state index contributed by atoms with van der Waals surface area (Å²) in [7, 11) is 3.60. The van der Waals surface area contributed by atoms with E-state index < -0.39 is 11.7 Å². The molecule has 7 heteroatoms. The first-order valence-electron chi connectivity index (χ1n) is 9.26. The van der Waals surface area contributed by atoms with E-state index in [1.807, 2.05) is 32.4 Å². The monoisotopic (exact) mass is 359 g/mol. The highest BCUT2D eigenvalue weighted by molar-refractivity contribution is 5.99. The minimum Gasteiger partial charge on any atom is -0.443 e. The Morgan fingerprint density at radius 1 is 1.31 bits per heavy atom. The Morgan fingerprint density at radius 3 is 2.58 bits per heavy atom. The van der Waals surface area contributed by atoms with Crippen molar-refractivity contribution in [2.24, 2.45) is 7.05 Å². The molecule has 1 saturated carbocycles. The molecule has 7 nitrogen and oxygen atoms in total. The van der Waals surface area contributed by atoms with Gasteiger partial charge in [0.05, 0.1) is 11.8 Å². The van der Waals surface area contributed by atoms with Crippen LogP contribution in [0.3, 0.4) is 0 Å². The summed E-state index contributed by atoms with van der Waals surface area (Å²) in [6.45, 7) is 5.51. The Bertz CT molecular complexity index is 815. The number of carbonyl (C=O) groups excluding carboxylic acids is 1. The third kappa shape index (κ3) is 3.48. The molecule has 1 fully saturated rings. The van der Waals surface area contributed by atoms with Crippen LogP contribution >= 0.6 is 0 Å². The molecule has 0 spiro atoms. The molecule has 142 valence electrons. The molecule has 3 rings (SSSR count). The maximum atomic E-state index is 12.5. The third-order valence-electron chi connectivity index (χ3n) is 4.90. The average Bonchev–Trinajstić information content (AvgIpc) is 2.94. The van der Waals surface area contributed by atoms with Gasteiger partial charge in [0.25, 0.3) is 0 Å². The first kappa shape index (κ1) is 18.5. The van der Waals surface area contributed by atoms with Crippen LogP contribution in [0.1, 0.15) is 64.4 Å². The lowest BCUT2D eigenvalue weighted by Crippen LogP contribution is -2.35. The normalized spacial score (nSPS) is 16.0. The summed E-state index contributed by atoms with van der Waals surface area (Å²) >= 11 is 0. The molecule has 2 aromatic heterocycles. The van der Waals surface area contributed by atoms with Crippen LogP contribution in [-0.2, 0) is 11.8 Å². The minimum absolute atomic E-state index is 0.398. The molecule has 2 aromatic rings. The lowest BCUT2D eigenvalue weighted by atomic mass is 9.83. The van der Waals surface area contributed by atoms with E-state index in [-0.39, 0.29) is 0 Å². The minimum atomic E-state index is -0.581. The van der Waals surface area contributed by atoms with Gasteiger partial charge in [-0.15, -0.1) is 0 Å². The van der Waals surface area contributed by atoms with Gasteiger partial charge in [0.15, 0.2) is 5.82 Å². The van der Waals surface area contributed by atoms with Crippen LogP contribution in [0, 0.1) is 0 Å². The summed E-state index contributed by atoms with van der Waals surface area (Å²) in [5.74, 6) is 1.32. The number of rotatable bonds is 2. The Morgan fingerprint density at radius 2 is 1.96 bits per heavy atom. The molecule has 1 amide bonds. The van der Waals surface area contributed by atoms with Gasteiger partial charge in [0.2, 0.25) is 0 Å². The first-order valence-corrected chi connectivity index (χ1v) is 9.26. The highest BCUT2D eigenvalue weighted by atomic mass is 16.6. The lowest BCUT2D eigenvalue weighted by molar-refractivity contribution is 0.0588. The Balaban J connectivity index is 2.07. The van der Waals surface area contributed by atoms with Crippen molar-refractivity contribution in [3.63, 3.8) is 0 Å². The largest absolute Gasteiger partial charge is 0.443 e. The van der Waals surface area contributed by atoms with Gasteiger partial charge in [-0.25, -0.2) is 14.8 Å². The summed E-state index contributed by atoms with van der Waals surface area (Å²) in [5, 5.41) is 0. The number of imidazole rings is 1. The SMILES string of the molecule is CN(C(=O)OC(C)(C)C)c1nc(N)c(C2CCCCC2)c2c1ncn2C. The van der Waals surface area contributed by atoms with Gasteiger partial charge < -0.3 is 15.0 Å². The van der Waals surface area contributed by atoms with Crippen molar-refractivity contribution in [1.82, 2.24) is 14.5 Å². The number of fused-ring (bicyclic) bond motifs is 1. The molecule has 0 aromatic carbocycles. The molecular weight excluding hydrogens is 330 g/mol. The predicted octanol–water partition coefficient (Wildman–Crippen LogP) is 3.97. The van der Waals surface area contributed by atoms with Crippen LogP contribution in [0.15, 0.2) is 6.33 Å². The predicted molar refractivity (Wildman–Crippen MR) is 103 cm³/mol.